The lowest BCUT2D eigenvalue weighted by atomic mass is 10.1. The molecule has 68 valence electrons. The number of halogens is 1. The third-order valence-corrected chi connectivity index (χ3v) is 2.91. The van der Waals surface area contributed by atoms with Crippen molar-refractivity contribution in [2.45, 2.75) is 0 Å². The summed E-state index contributed by atoms with van der Waals surface area (Å²) in [6, 6.07) is 4.57. The van der Waals surface area contributed by atoms with Gasteiger partial charge in [-0.3, -0.25) is 4.79 Å². The highest BCUT2D eigenvalue weighted by Gasteiger charge is 2.12. The van der Waals surface area contributed by atoms with Crippen LogP contribution in [0, 0.1) is 17.1 Å². The van der Waals surface area contributed by atoms with Crippen molar-refractivity contribution >= 4 is 27.7 Å². The van der Waals surface area contributed by atoms with E-state index in [4.69, 9.17) is 5.26 Å². The summed E-state index contributed by atoms with van der Waals surface area (Å²) >= 11 is 1.29. The number of aldehydes is 1. The van der Waals surface area contributed by atoms with Crippen molar-refractivity contribution in [3.63, 3.8) is 0 Å². The Kier molecular flexibility index (Phi) is 2.02. The molecule has 0 saturated carbocycles. The molecule has 0 radical (unpaired) electrons. The number of carbonyl (C=O) groups is 1. The summed E-state index contributed by atoms with van der Waals surface area (Å²) in [5, 5.41) is 10.7. The summed E-state index contributed by atoms with van der Waals surface area (Å²) in [6.45, 7) is 0. The number of hydrogen-bond acceptors (Lipinski definition) is 3. The van der Waals surface area contributed by atoms with E-state index in [1.807, 2.05) is 0 Å². The maximum absolute atomic E-state index is 13.5. The quantitative estimate of drug-likeness (QED) is 0.671. The minimum absolute atomic E-state index is 0.0852. The fourth-order valence-corrected chi connectivity index (χ4v) is 2.17. The van der Waals surface area contributed by atoms with Crippen LogP contribution in [0.1, 0.15) is 15.9 Å². The molecule has 1 heterocycles. The van der Waals surface area contributed by atoms with Crippen LogP contribution >= 0.6 is 11.3 Å². The van der Waals surface area contributed by atoms with Gasteiger partial charge in [0.1, 0.15) is 11.9 Å². The molecule has 0 fully saturated rings. The predicted octanol–water partition coefficient (Wildman–Crippen LogP) is 2.72. The van der Waals surface area contributed by atoms with Crippen LogP contribution in [-0.2, 0) is 0 Å². The van der Waals surface area contributed by atoms with Crippen molar-refractivity contribution in [3.05, 3.63) is 34.5 Å². The van der Waals surface area contributed by atoms with E-state index >= 15 is 0 Å². The molecule has 1 aromatic heterocycles. The Hall–Kier alpha value is -1.73. The minimum Gasteiger partial charge on any atom is -0.298 e. The zero-order valence-electron chi connectivity index (χ0n) is 6.95. The molecule has 0 unspecified atom stereocenters. The normalized spacial score (nSPS) is 10.0. The van der Waals surface area contributed by atoms with Gasteiger partial charge in [-0.1, -0.05) is 0 Å². The number of nitriles is 1. The zero-order chi connectivity index (χ0) is 10.1. The molecule has 1 aromatic carbocycles. The van der Waals surface area contributed by atoms with Crippen LogP contribution in [0.4, 0.5) is 4.39 Å². The van der Waals surface area contributed by atoms with Gasteiger partial charge in [0, 0.05) is 15.6 Å². The summed E-state index contributed by atoms with van der Waals surface area (Å²) in [4.78, 5) is 10.7. The summed E-state index contributed by atoms with van der Waals surface area (Å²) in [5.74, 6) is -0.547. The second kappa shape index (κ2) is 3.20. The molecule has 0 bridgehead atoms. The van der Waals surface area contributed by atoms with Crippen molar-refractivity contribution < 1.29 is 9.18 Å². The van der Waals surface area contributed by atoms with Crippen LogP contribution in [-0.4, -0.2) is 6.29 Å². The van der Waals surface area contributed by atoms with Crippen molar-refractivity contribution in [1.82, 2.24) is 0 Å². The van der Waals surface area contributed by atoms with Gasteiger partial charge in [-0.05, 0) is 17.5 Å². The van der Waals surface area contributed by atoms with E-state index in [0.29, 0.717) is 21.9 Å². The van der Waals surface area contributed by atoms with E-state index in [0.717, 1.165) is 0 Å². The van der Waals surface area contributed by atoms with Crippen LogP contribution in [0.3, 0.4) is 0 Å². The van der Waals surface area contributed by atoms with Gasteiger partial charge in [0.2, 0.25) is 0 Å². The molecule has 14 heavy (non-hydrogen) atoms. The number of thiophene rings is 1. The van der Waals surface area contributed by atoms with Gasteiger partial charge in [0.25, 0.3) is 0 Å². The smallest absolute Gasteiger partial charge is 0.151 e. The van der Waals surface area contributed by atoms with Crippen LogP contribution in [0.2, 0.25) is 0 Å². The number of carbonyl (C=O) groups excluding carboxylic acids is 1. The highest BCUT2D eigenvalue weighted by molar-refractivity contribution is 7.17. The van der Waals surface area contributed by atoms with Crippen LogP contribution in [0.15, 0.2) is 17.5 Å². The maximum Gasteiger partial charge on any atom is 0.151 e. The van der Waals surface area contributed by atoms with E-state index in [1.165, 1.54) is 17.4 Å². The predicted molar refractivity (Wildman–Crippen MR) is 51.9 cm³/mol. The van der Waals surface area contributed by atoms with E-state index in [1.54, 1.807) is 17.5 Å². The Bertz CT molecular complexity index is 553. The van der Waals surface area contributed by atoms with Gasteiger partial charge in [-0.15, -0.1) is 11.3 Å². The molecule has 0 N–H and O–H groups in total. The molecular formula is C10H4FNOS. The molecule has 0 aliphatic heterocycles. The average molecular weight is 205 g/mol. The molecule has 0 aliphatic rings. The molecule has 2 nitrogen and oxygen atoms in total. The van der Waals surface area contributed by atoms with Crippen LogP contribution in [0.5, 0.6) is 0 Å². The Morgan fingerprint density at radius 1 is 1.57 bits per heavy atom. The monoisotopic (exact) mass is 205 g/mol. The molecule has 0 saturated heterocycles. The van der Waals surface area contributed by atoms with E-state index in [2.05, 4.69) is 0 Å². The lowest BCUT2D eigenvalue weighted by Gasteiger charge is -1.98. The first-order valence-corrected chi connectivity index (χ1v) is 4.71. The van der Waals surface area contributed by atoms with Gasteiger partial charge in [-0.25, -0.2) is 4.39 Å². The van der Waals surface area contributed by atoms with Crippen LogP contribution in [0.25, 0.3) is 10.1 Å². The highest BCUT2D eigenvalue weighted by Crippen LogP contribution is 2.28. The summed E-state index contributed by atoms with van der Waals surface area (Å²) in [6.07, 6.45) is 0.638. The van der Waals surface area contributed by atoms with Crippen molar-refractivity contribution in [2.75, 3.05) is 0 Å². The number of rotatable bonds is 1. The second-order valence-electron chi connectivity index (χ2n) is 2.72. The third-order valence-electron chi connectivity index (χ3n) is 1.95. The fraction of sp³-hybridized carbons (Fsp3) is 0. The SMILES string of the molecule is N#Cc1cc(C=O)c2sccc2c1F. The first-order valence-electron chi connectivity index (χ1n) is 3.83. The van der Waals surface area contributed by atoms with Crippen LogP contribution < -0.4 is 0 Å². The van der Waals surface area contributed by atoms with E-state index in [9.17, 15) is 9.18 Å². The largest absolute Gasteiger partial charge is 0.298 e. The Labute approximate surface area is 83.2 Å². The Morgan fingerprint density at radius 2 is 2.36 bits per heavy atom. The summed E-state index contributed by atoms with van der Waals surface area (Å²) in [7, 11) is 0. The summed E-state index contributed by atoms with van der Waals surface area (Å²) in [5.41, 5.74) is 0.283. The summed E-state index contributed by atoms with van der Waals surface area (Å²) < 4.78 is 14.1. The van der Waals surface area contributed by atoms with E-state index < -0.39 is 5.82 Å². The fourth-order valence-electron chi connectivity index (χ4n) is 1.30. The Balaban J connectivity index is 2.95. The topological polar surface area (TPSA) is 40.9 Å². The number of benzene rings is 1. The molecule has 0 amide bonds. The molecule has 0 spiro atoms. The van der Waals surface area contributed by atoms with Gasteiger partial charge < -0.3 is 0 Å². The second-order valence-corrected chi connectivity index (χ2v) is 3.64. The van der Waals surface area contributed by atoms with Crippen molar-refractivity contribution in [2.24, 2.45) is 0 Å². The average Bonchev–Trinajstić information content (AvgIpc) is 2.68. The zero-order valence-corrected chi connectivity index (χ0v) is 7.77. The molecular weight excluding hydrogens is 201 g/mol. The number of hydrogen-bond donors (Lipinski definition) is 0. The molecule has 4 heteroatoms. The van der Waals surface area contributed by atoms with Crippen molar-refractivity contribution in [3.8, 4) is 6.07 Å². The van der Waals surface area contributed by atoms with E-state index in [-0.39, 0.29) is 5.56 Å². The lowest BCUT2D eigenvalue weighted by Crippen LogP contribution is -1.89. The maximum atomic E-state index is 13.5. The van der Waals surface area contributed by atoms with Gasteiger partial charge >= 0.3 is 0 Å². The molecule has 0 atom stereocenters. The Morgan fingerprint density at radius 3 is 3.00 bits per heavy atom. The number of fused-ring (bicyclic) bond motifs is 1. The first-order chi connectivity index (χ1) is 6.77. The van der Waals surface area contributed by atoms with Crippen molar-refractivity contribution in [1.29, 1.82) is 5.26 Å². The standard InChI is InChI=1S/C10H4FNOS/c11-9-6(4-12)3-7(5-13)10-8(9)1-2-14-10/h1-3,5H. The third kappa shape index (κ3) is 1.10. The molecule has 2 aromatic rings. The minimum atomic E-state index is -0.547. The van der Waals surface area contributed by atoms with Gasteiger partial charge in [-0.2, -0.15) is 5.26 Å². The van der Waals surface area contributed by atoms with Gasteiger partial charge in [0.15, 0.2) is 6.29 Å². The molecule has 2 rings (SSSR count). The number of nitrogens with zero attached hydrogens (tertiary/aromatic N) is 1. The first kappa shape index (κ1) is 8.85. The van der Waals surface area contributed by atoms with Gasteiger partial charge in [0.05, 0.1) is 5.56 Å². The highest BCUT2D eigenvalue weighted by atomic mass is 32.1. The molecule has 0 aliphatic carbocycles. The lowest BCUT2D eigenvalue weighted by molar-refractivity contribution is 0.112.